The van der Waals surface area contributed by atoms with Crippen molar-refractivity contribution in [2.24, 2.45) is 5.41 Å². The Morgan fingerprint density at radius 3 is 2.65 bits per heavy atom. The quantitative estimate of drug-likeness (QED) is 0.722. The van der Waals surface area contributed by atoms with Crippen LogP contribution in [0.2, 0.25) is 0 Å². The number of aliphatic hydroxyl groups is 1. The van der Waals surface area contributed by atoms with E-state index in [0.717, 1.165) is 19.4 Å². The van der Waals surface area contributed by atoms with Crippen LogP contribution >= 0.6 is 0 Å². The van der Waals surface area contributed by atoms with Crippen LogP contribution in [0, 0.1) is 5.41 Å². The SMILES string of the molecule is CCCC(C)(O)CNC1CCCC(C)(C)CC1. The highest BCUT2D eigenvalue weighted by molar-refractivity contribution is 4.82. The zero-order valence-corrected chi connectivity index (χ0v) is 12.2. The first kappa shape index (κ1) is 15.0. The molecule has 0 bridgehead atoms. The van der Waals surface area contributed by atoms with Gasteiger partial charge in [0.15, 0.2) is 0 Å². The molecule has 0 spiro atoms. The van der Waals surface area contributed by atoms with Crippen molar-refractivity contribution in [3.05, 3.63) is 0 Å². The van der Waals surface area contributed by atoms with Crippen molar-refractivity contribution < 1.29 is 5.11 Å². The Morgan fingerprint density at radius 1 is 1.29 bits per heavy atom. The molecular weight excluding hydrogens is 210 g/mol. The van der Waals surface area contributed by atoms with Crippen molar-refractivity contribution in [1.29, 1.82) is 0 Å². The lowest BCUT2D eigenvalue weighted by molar-refractivity contribution is 0.0465. The van der Waals surface area contributed by atoms with E-state index in [1.807, 2.05) is 6.92 Å². The Kier molecular flexibility index (Phi) is 5.46. The fourth-order valence-corrected chi connectivity index (χ4v) is 2.86. The van der Waals surface area contributed by atoms with Gasteiger partial charge < -0.3 is 10.4 Å². The summed E-state index contributed by atoms with van der Waals surface area (Å²) in [6.07, 6.45) is 8.43. The molecule has 2 heteroatoms. The molecule has 0 aromatic heterocycles. The predicted molar refractivity (Wildman–Crippen MR) is 74.2 cm³/mol. The smallest absolute Gasteiger partial charge is 0.0743 e. The largest absolute Gasteiger partial charge is 0.389 e. The molecule has 0 heterocycles. The standard InChI is InChI=1S/C15H31NO/c1-5-9-15(4,17)12-16-13-7-6-10-14(2,3)11-8-13/h13,16-17H,5-12H2,1-4H3. The maximum Gasteiger partial charge on any atom is 0.0743 e. The Bertz CT molecular complexity index is 223. The van der Waals surface area contributed by atoms with E-state index in [2.05, 4.69) is 26.1 Å². The molecular formula is C15H31NO. The first-order valence-electron chi connectivity index (χ1n) is 7.30. The predicted octanol–water partition coefficient (Wildman–Crippen LogP) is 3.49. The molecule has 0 aliphatic heterocycles. The zero-order chi connectivity index (χ0) is 12.9. The van der Waals surface area contributed by atoms with E-state index in [-0.39, 0.29) is 0 Å². The molecule has 0 saturated heterocycles. The number of hydrogen-bond acceptors (Lipinski definition) is 2. The molecule has 102 valence electrons. The van der Waals surface area contributed by atoms with E-state index in [1.54, 1.807) is 0 Å². The Hall–Kier alpha value is -0.0800. The second-order valence-electron chi connectivity index (χ2n) is 6.92. The average Bonchev–Trinajstić information content (AvgIpc) is 2.37. The van der Waals surface area contributed by atoms with Gasteiger partial charge in [0.05, 0.1) is 5.60 Å². The van der Waals surface area contributed by atoms with Crippen LogP contribution < -0.4 is 5.32 Å². The summed E-state index contributed by atoms with van der Waals surface area (Å²) in [7, 11) is 0. The topological polar surface area (TPSA) is 32.3 Å². The molecule has 1 rings (SSSR count). The van der Waals surface area contributed by atoms with E-state index >= 15 is 0 Å². The van der Waals surface area contributed by atoms with E-state index in [9.17, 15) is 5.11 Å². The third kappa shape index (κ3) is 5.87. The highest BCUT2D eigenvalue weighted by Gasteiger charge is 2.26. The van der Waals surface area contributed by atoms with Crippen molar-refractivity contribution in [2.75, 3.05) is 6.54 Å². The highest BCUT2D eigenvalue weighted by atomic mass is 16.3. The van der Waals surface area contributed by atoms with Gasteiger partial charge in [-0.15, -0.1) is 0 Å². The van der Waals surface area contributed by atoms with Gasteiger partial charge in [0, 0.05) is 12.6 Å². The third-order valence-electron chi connectivity index (χ3n) is 4.14. The lowest BCUT2D eigenvalue weighted by atomic mass is 9.85. The van der Waals surface area contributed by atoms with Crippen molar-refractivity contribution >= 4 is 0 Å². The summed E-state index contributed by atoms with van der Waals surface area (Å²) in [4.78, 5) is 0. The van der Waals surface area contributed by atoms with Crippen LogP contribution in [0.25, 0.3) is 0 Å². The van der Waals surface area contributed by atoms with E-state index in [0.29, 0.717) is 11.5 Å². The Labute approximate surface area is 107 Å². The maximum absolute atomic E-state index is 10.2. The van der Waals surface area contributed by atoms with Gasteiger partial charge in [-0.2, -0.15) is 0 Å². The molecule has 0 amide bonds. The van der Waals surface area contributed by atoms with E-state index in [4.69, 9.17) is 0 Å². The summed E-state index contributed by atoms with van der Waals surface area (Å²) in [5.74, 6) is 0. The van der Waals surface area contributed by atoms with Crippen LogP contribution in [0.5, 0.6) is 0 Å². The molecule has 2 unspecified atom stereocenters. The van der Waals surface area contributed by atoms with Gasteiger partial charge in [-0.25, -0.2) is 0 Å². The van der Waals surface area contributed by atoms with Gasteiger partial charge in [-0.05, 0) is 44.4 Å². The fourth-order valence-electron chi connectivity index (χ4n) is 2.86. The number of nitrogens with one attached hydrogen (secondary N) is 1. The van der Waals surface area contributed by atoms with Gasteiger partial charge in [-0.1, -0.05) is 33.6 Å². The van der Waals surface area contributed by atoms with Crippen LogP contribution in [0.3, 0.4) is 0 Å². The highest BCUT2D eigenvalue weighted by Crippen LogP contribution is 2.33. The van der Waals surface area contributed by atoms with Crippen molar-refractivity contribution in [1.82, 2.24) is 5.32 Å². The molecule has 1 aliphatic rings. The third-order valence-corrected chi connectivity index (χ3v) is 4.14. The van der Waals surface area contributed by atoms with Gasteiger partial charge in [0.1, 0.15) is 0 Å². The Balaban J connectivity index is 2.32. The van der Waals surface area contributed by atoms with Crippen LogP contribution in [-0.2, 0) is 0 Å². The molecule has 1 aliphatic carbocycles. The lowest BCUT2D eigenvalue weighted by Crippen LogP contribution is -2.42. The van der Waals surface area contributed by atoms with E-state index in [1.165, 1.54) is 32.1 Å². The molecule has 0 aromatic carbocycles. The summed E-state index contributed by atoms with van der Waals surface area (Å²) in [6.45, 7) is 9.57. The van der Waals surface area contributed by atoms with Crippen LogP contribution in [0.1, 0.15) is 72.6 Å². The normalized spacial score (nSPS) is 28.4. The molecule has 0 radical (unpaired) electrons. The maximum atomic E-state index is 10.2. The second kappa shape index (κ2) is 6.19. The summed E-state index contributed by atoms with van der Waals surface area (Å²) >= 11 is 0. The second-order valence-corrected chi connectivity index (χ2v) is 6.92. The first-order chi connectivity index (χ1) is 7.85. The van der Waals surface area contributed by atoms with Crippen LogP contribution in [0.15, 0.2) is 0 Å². The van der Waals surface area contributed by atoms with Gasteiger partial charge in [0.2, 0.25) is 0 Å². The minimum Gasteiger partial charge on any atom is -0.389 e. The molecule has 1 saturated carbocycles. The monoisotopic (exact) mass is 241 g/mol. The molecule has 2 atom stereocenters. The van der Waals surface area contributed by atoms with Crippen molar-refractivity contribution in [3.8, 4) is 0 Å². The Morgan fingerprint density at radius 2 is 2.00 bits per heavy atom. The fraction of sp³-hybridized carbons (Fsp3) is 1.00. The van der Waals surface area contributed by atoms with E-state index < -0.39 is 5.60 Å². The first-order valence-corrected chi connectivity index (χ1v) is 7.30. The summed E-state index contributed by atoms with van der Waals surface area (Å²) in [6, 6.07) is 0.611. The van der Waals surface area contributed by atoms with Crippen LogP contribution in [-0.4, -0.2) is 23.3 Å². The molecule has 0 aromatic rings. The molecule has 2 N–H and O–H groups in total. The van der Waals surface area contributed by atoms with Crippen LogP contribution in [0.4, 0.5) is 0 Å². The number of rotatable bonds is 5. The minimum absolute atomic E-state index is 0.516. The summed E-state index contributed by atoms with van der Waals surface area (Å²) in [5, 5.41) is 13.7. The minimum atomic E-state index is -0.531. The van der Waals surface area contributed by atoms with Crippen molar-refractivity contribution in [2.45, 2.75) is 84.3 Å². The molecule has 1 fully saturated rings. The summed E-state index contributed by atoms with van der Waals surface area (Å²) < 4.78 is 0. The van der Waals surface area contributed by atoms with Gasteiger partial charge in [0.25, 0.3) is 0 Å². The van der Waals surface area contributed by atoms with Gasteiger partial charge in [-0.3, -0.25) is 0 Å². The summed E-state index contributed by atoms with van der Waals surface area (Å²) in [5.41, 5.74) is -0.0149. The molecule has 2 nitrogen and oxygen atoms in total. The average molecular weight is 241 g/mol. The lowest BCUT2D eigenvalue weighted by Gasteiger charge is -2.27. The zero-order valence-electron chi connectivity index (χ0n) is 12.2. The van der Waals surface area contributed by atoms with Crippen molar-refractivity contribution in [3.63, 3.8) is 0 Å². The molecule has 17 heavy (non-hydrogen) atoms. The number of hydrogen-bond donors (Lipinski definition) is 2. The van der Waals surface area contributed by atoms with Gasteiger partial charge >= 0.3 is 0 Å².